The Morgan fingerprint density at radius 3 is 2.64 bits per heavy atom. The molecule has 0 unspecified atom stereocenters. The molecule has 108 valence electrons. The summed E-state index contributed by atoms with van der Waals surface area (Å²) >= 11 is 0. The van der Waals surface area contributed by atoms with E-state index in [-0.39, 0.29) is 5.56 Å². The van der Waals surface area contributed by atoms with Crippen LogP contribution < -0.4 is 5.56 Å². The number of pyridine rings is 1. The molecule has 0 aliphatic carbocycles. The molecule has 0 fully saturated rings. The normalized spacial score (nSPS) is 11.4. The van der Waals surface area contributed by atoms with Crippen molar-refractivity contribution in [3.63, 3.8) is 0 Å². The third-order valence-electron chi connectivity index (χ3n) is 3.73. The van der Waals surface area contributed by atoms with Gasteiger partial charge in [0.1, 0.15) is 0 Å². The van der Waals surface area contributed by atoms with Crippen molar-refractivity contribution < 1.29 is 0 Å². The summed E-state index contributed by atoms with van der Waals surface area (Å²) in [6, 6.07) is 11.6. The Morgan fingerprint density at radius 2 is 1.86 bits per heavy atom. The van der Waals surface area contributed by atoms with E-state index in [0.717, 1.165) is 16.8 Å². The first-order valence-electron chi connectivity index (χ1n) is 6.92. The molecule has 22 heavy (non-hydrogen) atoms. The number of rotatable bonds is 1. The van der Waals surface area contributed by atoms with Crippen LogP contribution in [0.25, 0.3) is 27.8 Å². The second kappa shape index (κ2) is 4.49. The zero-order chi connectivity index (χ0) is 15.3. The smallest absolute Gasteiger partial charge is 0.262 e. The number of hydrogen-bond acceptors (Lipinski definition) is 4. The minimum absolute atomic E-state index is 0.105. The molecule has 0 saturated carbocycles. The Bertz CT molecular complexity index is 1060. The third kappa shape index (κ3) is 1.74. The molecule has 0 saturated heterocycles. The fourth-order valence-electron chi connectivity index (χ4n) is 2.56. The van der Waals surface area contributed by atoms with Crippen LogP contribution in [0.15, 0.2) is 47.5 Å². The molecule has 3 heterocycles. The van der Waals surface area contributed by atoms with Gasteiger partial charge in [-0.1, -0.05) is 18.2 Å². The average molecular weight is 291 g/mol. The van der Waals surface area contributed by atoms with Crippen LogP contribution in [0, 0.1) is 6.92 Å². The summed E-state index contributed by atoms with van der Waals surface area (Å²) in [6.45, 7) is 1.91. The molecule has 3 aromatic heterocycles. The van der Waals surface area contributed by atoms with Gasteiger partial charge in [0.2, 0.25) is 0 Å². The Labute approximate surface area is 125 Å². The van der Waals surface area contributed by atoms with Crippen molar-refractivity contribution in [2.24, 2.45) is 7.05 Å². The lowest BCUT2D eigenvalue weighted by atomic mass is 10.2. The number of nitrogens with zero attached hydrogens (tertiary/aromatic N) is 5. The van der Waals surface area contributed by atoms with Gasteiger partial charge in [0, 0.05) is 12.4 Å². The fourth-order valence-corrected chi connectivity index (χ4v) is 2.56. The Balaban J connectivity index is 2.13. The van der Waals surface area contributed by atoms with Crippen molar-refractivity contribution in [3.8, 4) is 5.69 Å². The lowest BCUT2D eigenvalue weighted by Gasteiger charge is -2.03. The maximum atomic E-state index is 12.2. The zero-order valence-electron chi connectivity index (χ0n) is 12.2. The molecule has 0 spiro atoms. The second-order valence-corrected chi connectivity index (χ2v) is 5.22. The van der Waals surface area contributed by atoms with E-state index in [4.69, 9.17) is 0 Å². The van der Waals surface area contributed by atoms with Crippen LogP contribution in [0.1, 0.15) is 5.69 Å². The number of aryl methyl sites for hydroxylation is 2. The van der Waals surface area contributed by atoms with Crippen molar-refractivity contribution in [1.82, 2.24) is 24.3 Å². The average Bonchev–Trinajstić information content (AvgIpc) is 2.87. The molecule has 0 bridgehead atoms. The van der Waals surface area contributed by atoms with Gasteiger partial charge in [0.05, 0.1) is 23.1 Å². The molecule has 0 atom stereocenters. The van der Waals surface area contributed by atoms with Gasteiger partial charge in [0.25, 0.3) is 5.56 Å². The highest BCUT2D eigenvalue weighted by Crippen LogP contribution is 2.22. The van der Waals surface area contributed by atoms with Crippen molar-refractivity contribution in [3.05, 3.63) is 58.8 Å². The van der Waals surface area contributed by atoms with E-state index in [1.54, 1.807) is 11.7 Å². The van der Waals surface area contributed by atoms with E-state index < -0.39 is 0 Å². The predicted molar refractivity (Wildman–Crippen MR) is 84.1 cm³/mol. The fraction of sp³-hybridized carbons (Fsp3) is 0.125. The molecule has 1 aromatic carbocycles. The lowest BCUT2D eigenvalue weighted by molar-refractivity contribution is 0.839. The van der Waals surface area contributed by atoms with Gasteiger partial charge in [-0.25, -0.2) is 14.6 Å². The molecule has 4 aromatic rings. The summed E-state index contributed by atoms with van der Waals surface area (Å²) in [4.78, 5) is 21.0. The van der Waals surface area contributed by atoms with Crippen LogP contribution in [0.2, 0.25) is 0 Å². The number of aromatic nitrogens is 5. The first kappa shape index (κ1) is 12.7. The number of para-hydroxylation sites is 1. The van der Waals surface area contributed by atoms with Crippen LogP contribution >= 0.6 is 0 Å². The summed E-state index contributed by atoms with van der Waals surface area (Å²) in [5.74, 6) is 0. The van der Waals surface area contributed by atoms with Gasteiger partial charge in [-0.2, -0.15) is 5.10 Å². The van der Waals surface area contributed by atoms with E-state index >= 15 is 0 Å². The third-order valence-corrected chi connectivity index (χ3v) is 3.73. The highest BCUT2D eigenvalue weighted by molar-refractivity contribution is 5.91. The van der Waals surface area contributed by atoms with Crippen molar-refractivity contribution >= 4 is 22.1 Å². The standard InChI is InChI=1S/C16H13N5O/c1-10-12-8-13-14(17-9-20(2)16(13)22)18-15(12)21(19-10)11-6-4-3-5-7-11/h3-9H,1-2H3. The largest absolute Gasteiger partial charge is 0.302 e. The quantitative estimate of drug-likeness (QED) is 0.538. The van der Waals surface area contributed by atoms with E-state index in [9.17, 15) is 4.79 Å². The zero-order valence-corrected chi connectivity index (χ0v) is 12.2. The second-order valence-electron chi connectivity index (χ2n) is 5.22. The molecule has 0 radical (unpaired) electrons. The molecule has 6 heteroatoms. The minimum Gasteiger partial charge on any atom is -0.302 e. The Kier molecular flexibility index (Phi) is 2.59. The van der Waals surface area contributed by atoms with Gasteiger partial charge in [-0.05, 0) is 25.1 Å². The van der Waals surface area contributed by atoms with Crippen molar-refractivity contribution in [2.45, 2.75) is 6.92 Å². The Hall–Kier alpha value is -3.02. The molecular formula is C16H13N5O. The number of benzene rings is 1. The van der Waals surface area contributed by atoms with Gasteiger partial charge < -0.3 is 4.57 Å². The molecule has 0 aliphatic heterocycles. The maximum Gasteiger partial charge on any atom is 0.262 e. The van der Waals surface area contributed by atoms with Crippen molar-refractivity contribution in [1.29, 1.82) is 0 Å². The molecule has 4 rings (SSSR count). The number of fused-ring (bicyclic) bond motifs is 2. The summed E-state index contributed by atoms with van der Waals surface area (Å²) in [6.07, 6.45) is 1.49. The first-order chi connectivity index (χ1) is 10.6. The van der Waals surface area contributed by atoms with E-state index in [0.29, 0.717) is 16.7 Å². The number of hydrogen-bond donors (Lipinski definition) is 0. The molecule has 0 N–H and O–H groups in total. The monoisotopic (exact) mass is 291 g/mol. The van der Waals surface area contributed by atoms with Crippen molar-refractivity contribution in [2.75, 3.05) is 0 Å². The Morgan fingerprint density at radius 1 is 1.09 bits per heavy atom. The van der Waals surface area contributed by atoms with Crippen LogP contribution in [0.4, 0.5) is 0 Å². The van der Waals surface area contributed by atoms with Gasteiger partial charge in [-0.15, -0.1) is 0 Å². The minimum atomic E-state index is -0.105. The van der Waals surface area contributed by atoms with Crippen LogP contribution in [-0.4, -0.2) is 24.3 Å². The van der Waals surface area contributed by atoms with Crippen LogP contribution in [0.3, 0.4) is 0 Å². The topological polar surface area (TPSA) is 65.6 Å². The molecule has 6 nitrogen and oxygen atoms in total. The summed E-state index contributed by atoms with van der Waals surface area (Å²) < 4.78 is 3.23. The van der Waals surface area contributed by atoms with E-state index in [2.05, 4.69) is 15.1 Å². The lowest BCUT2D eigenvalue weighted by Crippen LogP contribution is -2.17. The highest BCUT2D eigenvalue weighted by atomic mass is 16.1. The predicted octanol–water partition coefficient (Wildman–Crippen LogP) is 1.98. The van der Waals surface area contributed by atoms with Crippen LogP contribution in [0.5, 0.6) is 0 Å². The molecule has 0 aliphatic rings. The highest BCUT2D eigenvalue weighted by Gasteiger charge is 2.14. The van der Waals surface area contributed by atoms with Crippen LogP contribution in [-0.2, 0) is 7.05 Å². The maximum absolute atomic E-state index is 12.2. The van der Waals surface area contributed by atoms with E-state index in [1.807, 2.05) is 43.3 Å². The van der Waals surface area contributed by atoms with Gasteiger partial charge in [-0.3, -0.25) is 4.79 Å². The summed E-state index contributed by atoms with van der Waals surface area (Å²) in [7, 11) is 1.68. The summed E-state index contributed by atoms with van der Waals surface area (Å²) in [5, 5.41) is 5.92. The van der Waals surface area contributed by atoms with Gasteiger partial charge >= 0.3 is 0 Å². The molecule has 0 amide bonds. The van der Waals surface area contributed by atoms with E-state index in [1.165, 1.54) is 10.9 Å². The van der Waals surface area contributed by atoms with Gasteiger partial charge in [0.15, 0.2) is 11.3 Å². The first-order valence-corrected chi connectivity index (χ1v) is 6.92. The SMILES string of the molecule is Cc1nn(-c2ccccc2)c2nc3ncn(C)c(=O)c3cc12. The molecular weight excluding hydrogens is 278 g/mol. The summed E-state index contributed by atoms with van der Waals surface area (Å²) in [5.41, 5.74) is 2.80.